The molecule has 2 rings (SSSR count). The van der Waals surface area contributed by atoms with Crippen LogP contribution in [0.4, 0.5) is 4.39 Å². The Kier molecular flexibility index (Phi) is 5.13. The minimum absolute atomic E-state index is 0.288. The topological polar surface area (TPSA) is 26.7 Å². The van der Waals surface area contributed by atoms with Crippen molar-refractivity contribution < 1.29 is 9.50 Å². The quantitative estimate of drug-likeness (QED) is 0.895. The van der Waals surface area contributed by atoms with Crippen LogP contribution >= 0.6 is 0 Å². The third-order valence-electron chi connectivity index (χ3n) is 4.26. The van der Waals surface area contributed by atoms with Gasteiger partial charge >= 0.3 is 0 Å². The molecular weight excluding hydrogens is 255 g/mol. The van der Waals surface area contributed by atoms with Gasteiger partial charge < -0.3 is 14.9 Å². The average molecular weight is 280 g/mol. The van der Waals surface area contributed by atoms with Crippen LogP contribution in [0.25, 0.3) is 0 Å². The lowest BCUT2D eigenvalue weighted by Crippen LogP contribution is -2.34. The first kappa shape index (κ1) is 15.4. The number of aliphatic hydroxyl groups excluding tert-OH is 1. The standard InChI is InChI=1S/C16H25FN2O/c1-12-10-19(11-15(12)18(2)3)8-7-16(20)13-5-4-6-14(17)9-13/h4-6,9,12,15-16,20H,7-8,10-11H2,1-3H3. The second kappa shape index (κ2) is 6.66. The van der Waals surface area contributed by atoms with Crippen LogP contribution in [0.3, 0.4) is 0 Å². The number of hydrogen-bond donors (Lipinski definition) is 1. The van der Waals surface area contributed by atoms with Crippen molar-refractivity contribution in [1.29, 1.82) is 0 Å². The first-order chi connectivity index (χ1) is 9.47. The van der Waals surface area contributed by atoms with E-state index in [4.69, 9.17) is 0 Å². The van der Waals surface area contributed by atoms with Crippen molar-refractivity contribution in [3.8, 4) is 0 Å². The number of aliphatic hydroxyl groups is 1. The molecular formula is C16H25FN2O. The van der Waals surface area contributed by atoms with Gasteiger partial charge in [0.05, 0.1) is 6.10 Å². The third-order valence-corrected chi connectivity index (χ3v) is 4.26. The Morgan fingerprint density at radius 1 is 1.40 bits per heavy atom. The maximum absolute atomic E-state index is 13.1. The molecule has 0 radical (unpaired) electrons. The average Bonchev–Trinajstić information content (AvgIpc) is 2.77. The lowest BCUT2D eigenvalue weighted by atomic mass is 10.1. The number of hydrogen-bond acceptors (Lipinski definition) is 3. The van der Waals surface area contributed by atoms with E-state index in [0.717, 1.165) is 19.6 Å². The van der Waals surface area contributed by atoms with E-state index in [0.29, 0.717) is 23.9 Å². The molecule has 3 nitrogen and oxygen atoms in total. The van der Waals surface area contributed by atoms with E-state index < -0.39 is 6.10 Å². The van der Waals surface area contributed by atoms with E-state index in [1.54, 1.807) is 12.1 Å². The van der Waals surface area contributed by atoms with E-state index in [-0.39, 0.29) is 5.82 Å². The van der Waals surface area contributed by atoms with Crippen LogP contribution in [0.1, 0.15) is 25.0 Å². The number of likely N-dealkylation sites (N-methyl/N-ethyl adjacent to an activating group) is 1. The van der Waals surface area contributed by atoms with Crippen molar-refractivity contribution in [2.75, 3.05) is 33.7 Å². The molecule has 20 heavy (non-hydrogen) atoms. The highest BCUT2D eigenvalue weighted by Gasteiger charge is 2.30. The molecule has 0 amide bonds. The summed E-state index contributed by atoms with van der Waals surface area (Å²) in [6.07, 6.45) is 0.0653. The Morgan fingerprint density at radius 2 is 2.15 bits per heavy atom. The third kappa shape index (κ3) is 3.78. The van der Waals surface area contributed by atoms with Gasteiger partial charge in [-0.1, -0.05) is 19.1 Å². The molecule has 1 aromatic rings. The summed E-state index contributed by atoms with van der Waals surface area (Å²) in [6, 6.07) is 6.83. The van der Waals surface area contributed by atoms with Crippen LogP contribution in [0.5, 0.6) is 0 Å². The van der Waals surface area contributed by atoms with Crippen LogP contribution < -0.4 is 0 Å². The van der Waals surface area contributed by atoms with Gasteiger partial charge in [0.25, 0.3) is 0 Å². The number of halogens is 1. The van der Waals surface area contributed by atoms with Gasteiger partial charge in [-0.2, -0.15) is 0 Å². The molecule has 3 unspecified atom stereocenters. The van der Waals surface area contributed by atoms with Gasteiger partial charge in [-0.15, -0.1) is 0 Å². The SMILES string of the molecule is CC1CN(CCC(O)c2cccc(F)c2)CC1N(C)C. The Morgan fingerprint density at radius 3 is 2.75 bits per heavy atom. The Balaban J connectivity index is 1.84. The second-order valence-corrected chi connectivity index (χ2v) is 6.13. The van der Waals surface area contributed by atoms with E-state index in [1.165, 1.54) is 12.1 Å². The molecule has 0 saturated carbocycles. The Bertz CT molecular complexity index is 438. The fourth-order valence-electron chi connectivity index (χ4n) is 3.09. The van der Waals surface area contributed by atoms with E-state index >= 15 is 0 Å². The van der Waals surface area contributed by atoms with Crippen molar-refractivity contribution in [2.45, 2.75) is 25.5 Å². The highest BCUT2D eigenvalue weighted by molar-refractivity contribution is 5.18. The molecule has 3 atom stereocenters. The summed E-state index contributed by atoms with van der Waals surface area (Å²) in [6.45, 7) is 5.24. The minimum Gasteiger partial charge on any atom is -0.388 e. The van der Waals surface area contributed by atoms with Gasteiger partial charge in [-0.3, -0.25) is 0 Å². The summed E-state index contributed by atoms with van der Waals surface area (Å²) in [5, 5.41) is 10.1. The maximum Gasteiger partial charge on any atom is 0.123 e. The fourth-order valence-corrected chi connectivity index (χ4v) is 3.09. The smallest absolute Gasteiger partial charge is 0.123 e. The van der Waals surface area contributed by atoms with Gasteiger partial charge in [0, 0.05) is 25.7 Å². The molecule has 1 saturated heterocycles. The summed E-state index contributed by atoms with van der Waals surface area (Å²) in [5.41, 5.74) is 0.668. The lowest BCUT2D eigenvalue weighted by Gasteiger charge is -2.23. The van der Waals surface area contributed by atoms with Crippen molar-refractivity contribution in [3.05, 3.63) is 35.6 Å². The summed E-state index contributed by atoms with van der Waals surface area (Å²) >= 11 is 0. The number of benzene rings is 1. The molecule has 1 fully saturated rings. The summed E-state index contributed by atoms with van der Waals surface area (Å²) in [5.74, 6) is 0.361. The van der Waals surface area contributed by atoms with E-state index in [9.17, 15) is 9.50 Å². The molecule has 0 aliphatic carbocycles. The van der Waals surface area contributed by atoms with Crippen molar-refractivity contribution >= 4 is 0 Å². The number of rotatable bonds is 5. The number of nitrogens with zero attached hydrogens (tertiary/aromatic N) is 2. The normalized spacial score (nSPS) is 25.3. The Labute approximate surface area is 121 Å². The zero-order valence-corrected chi connectivity index (χ0v) is 12.6. The zero-order valence-electron chi connectivity index (χ0n) is 12.6. The van der Waals surface area contributed by atoms with Crippen LogP contribution in [0, 0.1) is 11.7 Å². The minimum atomic E-state index is -0.584. The second-order valence-electron chi connectivity index (χ2n) is 6.13. The first-order valence-electron chi connectivity index (χ1n) is 7.29. The molecule has 1 aliphatic rings. The summed E-state index contributed by atoms with van der Waals surface area (Å²) in [7, 11) is 4.23. The van der Waals surface area contributed by atoms with Gasteiger partial charge in [0.1, 0.15) is 5.82 Å². The van der Waals surface area contributed by atoms with Crippen LogP contribution in [-0.4, -0.2) is 54.7 Å². The lowest BCUT2D eigenvalue weighted by molar-refractivity contribution is 0.146. The van der Waals surface area contributed by atoms with Gasteiger partial charge in [0.2, 0.25) is 0 Å². The molecule has 0 bridgehead atoms. The molecule has 1 N–H and O–H groups in total. The van der Waals surface area contributed by atoms with Crippen molar-refractivity contribution in [1.82, 2.24) is 9.80 Å². The molecule has 1 aliphatic heterocycles. The van der Waals surface area contributed by atoms with Gasteiger partial charge in [-0.05, 0) is 44.1 Å². The van der Waals surface area contributed by atoms with Crippen LogP contribution in [-0.2, 0) is 0 Å². The zero-order chi connectivity index (χ0) is 14.7. The highest BCUT2D eigenvalue weighted by atomic mass is 19.1. The van der Waals surface area contributed by atoms with E-state index in [1.807, 2.05) is 0 Å². The van der Waals surface area contributed by atoms with Crippen LogP contribution in [0.2, 0.25) is 0 Å². The maximum atomic E-state index is 13.1. The number of likely N-dealkylation sites (tertiary alicyclic amines) is 1. The van der Waals surface area contributed by atoms with Gasteiger partial charge in [-0.25, -0.2) is 4.39 Å². The largest absolute Gasteiger partial charge is 0.388 e. The molecule has 4 heteroatoms. The van der Waals surface area contributed by atoms with Gasteiger partial charge in [0.15, 0.2) is 0 Å². The monoisotopic (exact) mass is 280 g/mol. The predicted octanol–water partition coefficient (Wildman–Crippen LogP) is 2.13. The van der Waals surface area contributed by atoms with Crippen molar-refractivity contribution in [2.24, 2.45) is 5.92 Å². The summed E-state index contributed by atoms with van der Waals surface area (Å²) in [4.78, 5) is 4.66. The molecule has 0 spiro atoms. The Hall–Kier alpha value is -0.970. The molecule has 0 aromatic heterocycles. The predicted molar refractivity (Wildman–Crippen MR) is 79.1 cm³/mol. The fraction of sp³-hybridized carbons (Fsp3) is 0.625. The molecule has 112 valence electrons. The van der Waals surface area contributed by atoms with Crippen molar-refractivity contribution in [3.63, 3.8) is 0 Å². The highest BCUT2D eigenvalue weighted by Crippen LogP contribution is 2.23. The van der Waals surface area contributed by atoms with E-state index in [2.05, 4.69) is 30.8 Å². The summed E-state index contributed by atoms with van der Waals surface area (Å²) < 4.78 is 13.1. The molecule has 1 aromatic carbocycles. The first-order valence-corrected chi connectivity index (χ1v) is 7.29. The molecule has 1 heterocycles. The van der Waals surface area contributed by atoms with Crippen LogP contribution in [0.15, 0.2) is 24.3 Å².